The van der Waals surface area contributed by atoms with E-state index in [1.807, 2.05) is 23.1 Å². The molecule has 0 aliphatic carbocycles. The zero-order valence-corrected chi connectivity index (χ0v) is 16.3. The van der Waals surface area contributed by atoms with E-state index in [4.69, 9.17) is 4.74 Å². The summed E-state index contributed by atoms with van der Waals surface area (Å²) in [5.74, 6) is -0.368. The lowest BCUT2D eigenvalue weighted by Crippen LogP contribution is -2.35. The van der Waals surface area contributed by atoms with Gasteiger partial charge in [0, 0.05) is 24.3 Å². The molecule has 0 fully saturated rings. The van der Waals surface area contributed by atoms with E-state index in [0.717, 1.165) is 6.42 Å². The van der Waals surface area contributed by atoms with Gasteiger partial charge in [0.25, 0.3) is 11.8 Å². The topological polar surface area (TPSA) is 58.6 Å². The molecule has 1 aliphatic rings. The van der Waals surface area contributed by atoms with Gasteiger partial charge >= 0.3 is 0 Å². The van der Waals surface area contributed by atoms with Gasteiger partial charge in [0.1, 0.15) is 11.6 Å². The van der Waals surface area contributed by atoms with E-state index < -0.39 is 0 Å². The average Bonchev–Trinajstić information content (AvgIpc) is 2.78. The maximum atomic E-state index is 12.9. The molecule has 6 heteroatoms. The average molecular weight is 404 g/mol. The van der Waals surface area contributed by atoms with Gasteiger partial charge in [-0.2, -0.15) is 0 Å². The van der Waals surface area contributed by atoms with Crippen LogP contribution in [0.1, 0.15) is 21.5 Å². The van der Waals surface area contributed by atoms with Crippen LogP contribution in [0.25, 0.3) is 0 Å². The van der Waals surface area contributed by atoms with E-state index >= 15 is 0 Å². The summed E-state index contributed by atoms with van der Waals surface area (Å²) < 4.78 is 18.5. The molecule has 0 unspecified atom stereocenters. The van der Waals surface area contributed by atoms with Crippen molar-refractivity contribution in [3.05, 3.63) is 95.3 Å². The van der Waals surface area contributed by atoms with E-state index in [9.17, 15) is 14.0 Å². The normalized spacial score (nSPS) is 12.8. The number of rotatable bonds is 5. The van der Waals surface area contributed by atoms with Gasteiger partial charge in [-0.25, -0.2) is 4.39 Å². The Morgan fingerprint density at radius 1 is 0.967 bits per heavy atom. The molecule has 2 amide bonds. The van der Waals surface area contributed by atoms with E-state index in [-0.39, 0.29) is 24.2 Å². The number of carbonyl (C=O) groups excluding carboxylic acids is 2. The fourth-order valence-electron chi connectivity index (χ4n) is 3.45. The molecule has 3 aromatic carbocycles. The Hall–Kier alpha value is -3.67. The van der Waals surface area contributed by atoms with Crippen LogP contribution in [0.2, 0.25) is 0 Å². The molecular formula is C24H21FN2O3. The molecule has 30 heavy (non-hydrogen) atoms. The lowest BCUT2D eigenvalue weighted by atomic mass is 9.99. The number of benzene rings is 3. The van der Waals surface area contributed by atoms with Gasteiger partial charge in [0.15, 0.2) is 6.61 Å². The number of ether oxygens (including phenoxy) is 1. The highest BCUT2D eigenvalue weighted by molar-refractivity contribution is 5.95. The molecule has 0 saturated heterocycles. The first-order valence-electron chi connectivity index (χ1n) is 9.73. The number of nitrogens with zero attached hydrogens (tertiary/aromatic N) is 1. The lowest BCUT2D eigenvalue weighted by Gasteiger charge is -2.29. The third-order valence-corrected chi connectivity index (χ3v) is 5.00. The Kier molecular flexibility index (Phi) is 5.75. The Labute approximate surface area is 174 Å². The molecule has 0 radical (unpaired) electrons. The minimum atomic E-state index is -0.372. The van der Waals surface area contributed by atoms with Crippen LogP contribution in [0.15, 0.2) is 72.8 Å². The molecule has 152 valence electrons. The van der Waals surface area contributed by atoms with Crippen LogP contribution in [-0.2, 0) is 17.8 Å². The second-order valence-corrected chi connectivity index (χ2v) is 7.12. The zero-order chi connectivity index (χ0) is 20.9. The van der Waals surface area contributed by atoms with Crippen molar-refractivity contribution in [3.8, 4) is 5.75 Å². The maximum Gasteiger partial charge on any atom is 0.262 e. The molecular weight excluding hydrogens is 383 g/mol. The predicted molar refractivity (Wildman–Crippen MR) is 112 cm³/mol. The Morgan fingerprint density at radius 3 is 2.53 bits per heavy atom. The highest BCUT2D eigenvalue weighted by Crippen LogP contribution is 2.22. The number of hydrogen-bond donors (Lipinski definition) is 1. The van der Waals surface area contributed by atoms with E-state index in [1.165, 1.54) is 35.4 Å². The van der Waals surface area contributed by atoms with Gasteiger partial charge in [-0.15, -0.1) is 0 Å². The lowest BCUT2D eigenvalue weighted by molar-refractivity contribution is -0.118. The molecule has 0 saturated carbocycles. The highest BCUT2D eigenvalue weighted by Gasteiger charge is 2.21. The van der Waals surface area contributed by atoms with Crippen molar-refractivity contribution in [2.45, 2.75) is 13.0 Å². The molecule has 0 aromatic heterocycles. The molecule has 0 atom stereocenters. The van der Waals surface area contributed by atoms with Gasteiger partial charge in [0.2, 0.25) is 0 Å². The van der Waals surface area contributed by atoms with E-state index in [1.54, 1.807) is 24.3 Å². The Bertz CT molecular complexity index is 1070. The highest BCUT2D eigenvalue weighted by atomic mass is 19.1. The van der Waals surface area contributed by atoms with Crippen molar-refractivity contribution < 1.29 is 18.7 Å². The van der Waals surface area contributed by atoms with Gasteiger partial charge in [0.05, 0.1) is 0 Å². The third-order valence-electron chi connectivity index (χ3n) is 5.00. The second kappa shape index (κ2) is 8.78. The van der Waals surface area contributed by atoms with Gasteiger partial charge < -0.3 is 15.0 Å². The van der Waals surface area contributed by atoms with Gasteiger partial charge in [-0.05, 0) is 60.0 Å². The van der Waals surface area contributed by atoms with Crippen LogP contribution in [0.5, 0.6) is 5.75 Å². The van der Waals surface area contributed by atoms with Crippen molar-refractivity contribution in [1.29, 1.82) is 0 Å². The van der Waals surface area contributed by atoms with Crippen molar-refractivity contribution in [3.63, 3.8) is 0 Å². The number of carbonyl (C=O) groups is 2. The summed E-state index contributed by atoms with van der Waals surface area (Å²) >= 11 is 0. The van der Waals surface area contributed by atoms with Crippen molar-refractivity contribution in [1.82, 2.24) is 4.90 Å². The molecule has 3 aromatic rings. The molecule has 4 rings (SSSR count). The molecule has 1 N–H and O–H groups in total. The molecule has 5 nitrogen and oxygen atoms in total. The maximum absolute atomic E-state index is 12.9. The quantitative estimate of drug-likeness (QED) is 0.698. The van der Waals surface area contributed by atoms with Crippen molar-refractivity contribution >= 4 is 17.5 Å². The van der Waals surface area contributed by atoms with Gasteiger partial charge in [-0.1, -0.05) is 30.3 Å². The number of amides is 2. The Morgan fingerprint density at radius 2 is 1.73 bits per heavy atom. The summed E-state index contributed by atoms with van der Waals surface area (Å²) in [5.41, 5.74) is 3.46. The number of hydrogen-bond acceptors (Lipinski definition) is 3. The summed E-state index contributed by atoms with van der Waals surface area (Å²) in [6.45, 7) is 1.04. The first-order chi connectivity index (χ1) is 14.6. The molecule has 0 spiro atoms. The summed E-state index contributed by atoms with van der Waals surface area (Å²) in [7, 11) is 0. The van der Waals surface area contributed by atoms with Crippen LogP contribution < -0.4 is 10.1 Å². The third kappa shape index (κ3) is 4.66. The minimum Gasteiger partial charge on any atom is -0.484 e. The van der Waals surface area contributed by atoms with Crippen LogP contribution in [0.3, 0.4) is 0 Å². The fraction of sp³-hybridized carbons (Fsp3) is 0.167. The van der Waals surface area contributed by atoms with Crippen molar-refractivity contribution in [2.75, 3.05) is 18.5 Å². The first kappa shape index (κ1) is 19.6. The largest absolute Gasteiger partial charge is 0.484 e. The number of halogens is 1. The zero-order valence-electron chi connectivity index (χ0n) is 16.3. The van der Waals surface area contributed by atoms with Crippen LogP contribution >= 0.6 is 0 Å². The van der Waals surface area contributed by atoms with E-state index in [2.05, 4.69) is 11.4 Å². The fourth-order valence-corrected chi connectivity index (χ4v) is 3.45. The molecule has 1 aliphatic heterocycles. The SMILES string of the molecule is O=C(COc1cccc(C(=O)N2CCc3ccccc3C2)c1)Nc1ccc(F)cc1. The monoisotopic (exact) mass is 404 g/mol. The summed E-state index contributed by atoms with van der Waals surface area (Å²) in [6, 6.07) is 20.5. The summed E-state index contributed by atoms with van der Waals surface area (Å²) in [6.07, 6.45) is 0.835. The first-order valence-corrected chi connectivity index (χ1v) is 9.73. The summed E-state index contributed by atoms with van der Waals surface area (Å²) in [5, 5.41) is 2.63. The smallest absolute Gasteiger partial charge is 0.262 e. The van der Waals surface area contributed by atoms with Crippen LogP contribution in [0.4, 0.5) is 10.1 Å². The van der Waals surface area contributed by atoms with Crippen molar-refractivity contribution in [2.24, 2.45) is 0 Å². The van der Waals surface area contributed by atoms with Crippen LogP contribution in [0, 0.1) is 5.82 Å². The minimum absolute atomic E-state index is 0.0642. The molecule has 0 bridgehead atoms. The second-order valence-electron chi connectivity index (χ2n) is 7.12. The number of fused-ring (bicyclic) bond motifs is 1. The van der Waals surface area contributed by atoms with Gasteiger partial charge in [-0.3, -0.25) is 9.59 Å². The standard InChI is InChI=1S/C24H21FN2O3/c25-20-8-10-21(11-9-20)26-23(28)16-30-22-7-3-6-18(14-22)24(29)27-13-12-17-4-1-2-5-19(17)15-27/h1-11,14H,12-13,15-16H2,(H,26,28). The molecule has 1 heterocycles. The number of anilines is 1. The van der Waals surface area contributed by atoms with E-state index in [0.29, 0.717) is 30.1 Å². The number of nitrogens with one attached hydrogen (secondary N) is 1. The Balaban J connectivity index is 1.36. The van der Waals surface area contributed by atoms with Crippen LogP contribution in [-0.4, -0.2) is 29.9 Å². The summed E-state index contributed by atoms with van der Waals surface area (Å²) in [4.78, 5) is 26.8. The predicted octanol–water partition coefficient (Wildman–Crippen LogP) is 4.04.